The average molecular weight is 345 g/mol. The van der Waals surface area contributed by atoms with Gasteiger partial charge in [0.2, 0.25) is 0 Å². The fraction of sp³-hybridized carbons (Fsp3) is 0.333. The Hall–Kier alpha value is -1.95. The predicted octanol–water partition coefficient (Wildman–Crippen LogP) is 3.44. The van der Waals surface area contributed by atoms with Gasteiger partial charge in [-0.25, -0.2) is 0 Å². The number of rotatable bonds is 6. The van der Waals surface area contributed by atoms with Crippen LogP contribution in [0.4, 0.5) is 0 Å². The van der Waals surface area contributed by atoms with Gasteiger partial charge in [-0.2, -0.15) is 5.10 Å². The van der Waals surface area contributed by atoms with Gasteiger partial charge >= 0.3 is 0 Å². The van der Waals surface area contributed by atoms with E-state index in [4.69, 9.17) is 16.3 Å². The Balaban J connectivity index is 1.92. The zero-order valence-corrected chi connectivity index (χ0v) is 14.9. The zero-order valence-electron chi connectivity index (χ0n) is 14.1. The minimum Gasteiger partial charge on any atom is -0.383 e. The molecular formula is C18H21ClN4O. The number of hydrogen-bond donors (Lipinski definition) is 0. The highest BCUT2D eigenvalue weighted by Crippen LogP contribution is 2.28. The first-order valence-corrected chi connectivity index (χ1v) is 8.19. The van der Waals surface area contributed by atoms with Crippen molar-refractivity contribution in [3.05, 3.63) is 59.0 Å². The summed E-state index contributed by atoms with van der Waals surface area (Å²) in [5.41, 5.74) is 2.97. The number of aromatic nitrogens is 3. The Morgan fingerprint density at radius 1 is 1.25 bits per heavy atom. The second kappa shape index (κ2) is 7.30. The Labute approximate surface area is 146 Å². The number of halogens is 1. The van der Waals surface area contributed by atoms with Gasteiger partial charge in [-0.05, 0) is 31.3 Å². The number of benzene rings is 1. The van der Waals surface area contributed by atoms with E-state index >= 15 is 0 Å². The maximum Gasteiger partial charge on any atom is 0.0858 e. The van der Waals surface area contributed by atoms with Crippen LogP contribution in [0.3, 0.4) is 0 Å². The largest absolute Gasteiger partial charge is 0.383 e. The van der Waals surface area contributed by atoms with Gasteiger partial charge in [0, 0.05) is 32.3 Å². The number of likely N-dealkylation sites (N-methyl/N-ethyl adjacent to an activating group) is 1. The molecule has 3 rings (SSSR count). The third-order valence-corrected chi connectivity index (χ3v) is 4.50. The molecule has 0 radical (unpaired) electrons. The Morgan fingerprint density at radius 3 is 2.79 bits per heavy atom. The van der Waals surface area contributed by atoms with Gasteiger partial charge in [-0.15, -0.1) is 0 Å². The Morgan fingerprint density at radius 2 is 2.08 bits per heavy atom. The summed E-state index contributed by atoms with van der Waals surface area (Å²) in [4.78, 5) is 6.66. The quantitative estimate of drug-likeness (QED) is 0.687. The lowest BCUT2D eigenvalue weighted by Crippen LogP contribution is -2.28. The van der Waals surface area contributed by atoms with Gasteiger partial charge in [-0.1, -0.05) is 23.7 Å². The third-order valence-electron chi connectivity index (χ3n) is 4.18. The minimum absolute atomic E-state index is 0.0516. The molecule has 6 heteroatoms. The molecule has 0 N–H and O–H groups in total. The van der Waals surface area contributed by atoms with Gasteiger partial charge < -0.3 is 4.74 Å². The molecule has 3 aromatic rings. The van der Waals surface area contributed by atoms with Crippen LogP contribution in [0.15, 0.2) is 42.6 Å². The fourth-order valence-electron chi connectivity index (χ4n) is 2.98. The predicted molar refractivity (Wildman–Crippen MR) is 96.0 cm³/mol. The van der Waals surface area contributed by atoms with Crippen LogP contribution in [0, 0.1) is 0 Å². The SMILES string of the molecule is COC[C@@H](c1ccccn1)N(C)Cc1nn(C)c2cccc(Cl)c12. The highest BCUT2D eigenvalue weighted by atomic mass is 35.5. The number of hydrogen-bond acceptors (Lipinski definition) is 4. The molecule has 2 aromatic heterocycles. The van der Waals surface area contributed by atoms with E-state index in [1.54, 1.807) is 13.3 Å². The van der Waals surface area contributed by atoms with Crippen molar-refractivity contribution in [2.24, 2.45) is 7.05 Å². The molecule has 5 nitrogen and oxygen atoms in total. The van der Waals surface area contributed by atoms with E-state index in [1.165, 1.54) is 0 Å². The Kier molecular flexibility index (Phi) is 5.14. The monoisotopic (exact) mass is 344 g/mol. The molecular weight excluding hydrogens is 324 g/mol. The number of fused-ring (bicyclic) bond motifs is 1. The van der Waals surface area contributed by atoms with Crippen molar-refractivity contribution in [2.75, 3.05) is 20.8 Å². The summed E-state index contributed by atoms with van der Waals surface area (Å²) in [5.74, 6) is 0. The van der Waals surface area contributed by atoms with Crippen LogP contribution in [0.5, 0.6) is 0 Å². The Bertz CT molecular complexity index is 819. The van der Waals surface area contributed by atoms with E-state index in [1.807, 2.05) is 48.1 Å². The normalized spacial score (nSPS) is 12.9. The molecule has 0 unspecified atom stereocenters. The molecule has 24 heavy (non-hydrogen) atoms. The second-order valence-electron chi connectivity index (χ2n) is 5.85. The minimum atomic E-state index is 0.0516. The average Bonchev–Trinajstić information content (AvgIpc) is 2.90. The van der Waals surface area contributed by atoms with E-state index in [-0.39, 0.29) is 6.04 Å². The molecule has 0 aliphatic heterocycles. The summed E-state index contributed by atoms with van der Waals surface area (Å²) in [6.07, 6.45) is 1.80. The van der Waals surface area contributed by atoms with Crippen molar-refractivity contribution in [2.45, 2.75) is 12.6 Å². The van der Waals surface area contributed by atoms with Crippen LogP contribution in [0.1, 0.15) is 17.4 Å². The van der Waals surface area contributed by atoms with Crippen molar-refractivity contribution < 1.29 is 4.74 Å². The number of nitrogens with zero attached hydrogens (tertiary/aromatic N) is 4. The molecule has 0 fully saturated rings. The number of methoxy groups -OCH3 is 1. The van der Waals surface area contributed by atoms with E-state index in [9.17, 15) is 0 Å². The first-order chi connectivity index (χ1) is 11.6. The molecule has 0 amide bonds. The van der Waals surface area contributed by atoms with Gasteiger partial charge in [0.15, 0.2) is 0 Å². The van der Waals surface area contributed by atoms with Gasteiger partial charge in [0.05, 0.1) is 34.6 Å². The lowest BCUT2D eigenvalue weighted by atomic mass is 10.1. The molecule has 2 heterocycles. The molecule has 0 aliphatic rings. The maximum atomic E-state index is 6.41. The van der Waals surface area contributed by atoms with Crippen LogP contribution >= 0.6 is 11.6 Å². The first kappa shape index (κ1) is 16.9. The molecule has 1 atom stereocenters. The zero-order chi connectivity index (χ0) is 17.1. The number of pyridine rings is 1. The number of ether oxygens (including phenoxy) is 1. The van der Waals surface area contributed by atoms with Crippen LogP contribution in [0.25, 0.3) is 10.9 Å². The highest BCUT2D eigenvalue weighted by molar-refractivity contribution is 6.35. The topological polar surface area (TPSA) is 43.2 Å². The first-order valence-electron chi connectivity index (χ1n) is 7.82. The van der Waals surface area contributed by atoms with Crippen LogP contribution in [-0.2, 0) is 18.3 Å². The molecule has 0 saturated carbocycles. The van der Waals surface area contributed by atoms with Crippen molar-refractivity contribution in [1.29, 1.82) is 0 Å². The van der Waals surface area contributed by atoms with E-state index in [0.29, 0.717) is 13.2 Å². The van der Waals surface area contributed by atoms with Crippen molar-refractivity contribution in [3.63, 3.8) is 0 Å². The molecule has 0 saturated heterocycles. The highest BCUT2D eigenvalue weighted by Gasteiger charge is 2.21. The molecule has 1 aromatic carbocycles. The summed E-state index contributed by atoms with van der Waals surface area (Å²) in [5, 5.41) is 6.39. The summed E-state index contributed by atoms with van der Waals surface area (Å²) < 4.78 is 7.27. The standard InChI is InChI=1S/C18H21ClN4O/c1-22(17(12-24-3)14-8-4-5-10-20-14)11-15-18-13(19)7-6-9-16(18)23(2)21-15/h4-10,17H,11-12H2,1-3H3/t17-/m0/s1. The second-order valence-corrected chi connectivity index (χ2v) is 6.25. The van der Waals surface area contributed by atoms with E-state index in [2.05, 4.69) is 22.0 Å². The van der Waals surface area contributed by atoms with Gasteiger partial charge in [-0.3, -0.25) is 14.6 Å². The third kappa shape index (κ3) is 3.29. The maximum absolute atomic E-state index is 6.41. The fourth-order valence-corrected chi connectivity index (χ4v) is 3.26. The van der Waals surface area contributed by atoms with Gasteiger partial charge in [0.1, 0.15) is 0 Å². The van der Waals surface area contributed by atoms with Crippen molar-refractivity contribution >= 4 is 22.5 Å². The van der Waals surface area contributed by atoms with Gasteiger partial charge in [0.25, 0.3) is 0 Å². The lowest BCUT2D eigenvalue weighted by molar-refractivity contribution is 0.0994. The van der Waals surface area contributed by atoms with Crippen LogP contribution in [-0.4, -0.2) is 40.4 Å². The van der Waals surface area contributed by atoms with Crippen LogP contribution in [0.2, 0.25) is 5.02 Å². The summed E-state index contributed by atoms with van der Waals surface area (Å²) in [6.45, 7) is 1.22. The van der Waals surface area contributed by atoms with Crippen molar-refractivity contribution in [1.82, 2.24) is 19.7 Å². The van der Waals surface area contributed by atoms with Crippen molar-refractivity contribution in [3.8, 4) is 0 Å². The van der Waals surface area contributed by atoms with Crippen LogP contribution < -0.4 is 0 Å². The summed E-state index contributed by atoms with van der Waals surface area (Å²) in [6, 6.07) is 11.9. The lowest BCUT2D eigenvalue weighted by Gasteiger charge is -2.26. The smallest absolute Gasteiger partial charge is 0.0858 e. The summed E-state index contributed by atoms with van der Waals surface area (Å²) in [7, 11) is 5.69. The summed E-state index contributed by atoms with van der Waals surface area (Å²) >= 11 is 6.41. The number of aryl methyl sites for hydroxylation is 1. The molecule has 126 valence electrons. The molecule has 0 aliphatic carbocycles. The van der Waals surface area contributed by atoms with E-state index < -0.39 is 0 Å². The van der Waals surface area contributed by atoms with E-state index in [0.717, 1.165) is 27.3 Å². The molecule has 0 spiro atoms. The molecule has 0 bridgehead atoms.